The van der Waals surface area contributed by atoms with Crippen molar-refractivity contribution in [3.63, 3.8) is 0 Å². The van der Waals surface area contributed by atoms with Crippen LogP contribution in [0.15, 0.2) is 22.6 Å². The molecule has 2 fully saturated rings. The first-order chi connectivity index (χ1) is 9.31. The van der Waals surface area contributed by atoms with Gasteiger partial charge in [0.1, 0.15) is 5.52 Å². The average Bonchev–Trinajstić information content (AvgIpc) is 3.03. The van der Waals surface area contributed by atoms with Crippen molar-refractivity contribution in [1.82, 2.24) is 4.98 Å². The Kier molecular flexibility index (Phi) is 2.41. The number of nitrogens with two attached hydrogens (primary N) is 1. The van der Waals surface area contributed by atoms with E-state index >= 15 is 0 Å². The molecule has 2 N–H and O–H groups in total. The van der Waals surface area contributed by atoms with Crippen LogP contribution in [0.3, 0.4) is 0 Å². The number of anilines is 2. The zero-order chi connectivity index (χ0) is 12.8. The van der Waals surface area contributed by atoms with E-state index in [2.05, 4.69) is 9.88 Å². The van der Waals surface area contributed by atoms with Gasteiger partial charge in [0.2, 0.25) is 0 Å². The lowest BCUT2D eigenvalue weighted by Gasteiger charge is -2.36. The van der Waals surface area contributed by atoms with Crippen molar-refractivity contribution >= 4 is 22.8 Å². The van der Waals surface area contributed by atoms with Crippen molar-refractivity contribution in [3.05, 3.63) is 18.2 Å². The van der Waals surface area contributed by atoms with Gasteiger partial charge in [0.15, 0.2) is 5.58 Å². The number of benzene rings is 1. The summed E-state index contributed by atoms with van der Waals surface area (Å²) in [6.45, 7) is 1.60. The maximum absolute atomic E-state index is 5.87. The van der Waals surface area contributed by atoms with E-state index in [9.17, 15) is 0 Å². The fraction of sp³-hybridized carbons (Fsp3) is 0.500. The Morgan fingerprint density at radius 1 is 1.32 bits per heavy atom. The largest absolute Gasteiger partial charge is 0.423 e. The highest BCUT2D eigenvalue weighted by Crippen LogP contribution is 2.34. The van der Waals surface area contributed by atoms with Crippen LogP contribution < -0.4 is 10.6 Å². The Bertz CT molecular complexity index is 610. The van der Waals surface area contributed by atoms with E-state index in [1.54, 1.807) is 0 Å². The number of hydrogen-bond acceptors (Lipinski definition) is 5. The van der Waals surface area contributed by atoms with Gasteiger partial charge in [-0.2, -0.15) is 4.98 Å². The van der Waals surface area contributed by atoms with Crippen LogP contribution in [0.2, 0.25) is 0 Å². The van der Waals surface area contributed by atoms with Crippen molar-refractivity contribution in [2.75, 3.05) is 23.8 Å². The quantitative estimate of drug-likeness (QED) is 0.795. The molecule has 4 rings (SSSR count). The minimum absolute atomic E-state index is 0.342. The van der Waals surface area contributed by atoms with Gasteiger partial charge in [0.05, 0.1) is 18.8 Å². The monoisotopic (exact) mass is 259 g/mol. The van der Waals surface area contributed by atoms with Crippen LogP contribution in [0, 0.1) is 0 Å². The molecule has 1 aromatic heterocycles. The van der Waals surface area contributed by atoms with E-state index in [4.69, 9.17) is 14.9 Å². The van der Waals surface area contributed by atoms with Crippen molar-refractivity contribution in [2.24, 2.45) is 0 Å². The molecular formula is C14H17N3O2. The Balaban J connectivity index is 1.72. The van der Waals surface area contributed by atoms with Gasteiger partial charge in [0, 0.05) is 12.2 Å². The predicted octanol–water partition coefficient (Wildman–Crippen LogP) is 2.17. The lowest BCUT2D eigenvalue weighted by atomic mass is 10.1. The number of nitrogens with zero attached hydrogens (tertiary/aromatic N) is 2. The first-order valence-corrected chi connectivity index (χ1v) is 6.85. The zero-order valence-electron chi connectivity index (χ0n) is 10.7. The standard InChI is InChI=1S/C14H17N3O2/c15-9-4-5-12-10(8-9)16-14(19-12)17-6-7-18-13-3-1-2-11(13)17/h4-5,8,11,13H,1-3,6-7,15H2. The number of ether oxygens (including phenoxy) is 1. The summed E-state index contributed by atoms with van der Waals surface area (Å²) in [6, 6.07) is 6.71. The fourth-order valence-corrected chi connectivity index (χ4v) is 3.22. The Morgan fingerprint density at radius 3 is 3.21 bits per heavy atom. The molecule has 1 aromatic carbocycles. The zero-order valence-corrected chi connectivity index (χ0v) is 10.7. The highest BCUT2D eigenvalue weighted by molar-refractivity contribution is 5.78. The third kappa shape index (κ3) is 1.76. The molecule has 2 aromatic rings. The molecule has 0 amide bonds. The molecule has 19 heavy (non-hydrogen) atoms. The minimum atomic E-state index is 0.342. The number of hydrogen-bond donors (Lipinski definition) is 1. The molecule has 0 bridgehead atoms. The minimum Gasteiger partial charge on any atom is -0.423 e. The van der Waals surface area contributed by atoms with Gasteiger partial charge < -0.3 is 19.8 Å². The van der Waals surface area contributed by atoms with Crippen molar-refractivity contribution in [2.45, 2.75) is 31.4 Å². The van der Waals surface area contributed by atoms with Gasteiger partial charge in [0.25, 0.3) is 6.01 Å². The van der Waals surface area contributed by atoms with Crippen molar-refractivity contribution in [1.29, 1.82) is 0 Å². The second kappa shape index (κ2) is 4.13. The van der Waals surface area contributed by atoms with E-state index in [-0.39, 0.29) is 0 Å². The number of fused-ring (bicyclic) bond motifs is 2. The summed E-state index contributed by atoms with van der Waals surface area (Å²) in [7, 11) is 0. The van der Waals surface area contributed by atoms with Crippen LogP contribution in [-0.2, 0) is 4.74 Å². The topological polar surface area (TPSA) is 64.5 Å². The summed E-state index contributed by atoms with van der Waals surface area (Å²) in [6.07, 6.45) is 3.87. The second-order valence-electron chi connectivity index (χ2n) is 5.32. The van der Waals surface area contributed by atoms with Crippen LogP contribution in [0.25, 0.3) is 11.1 Å². The molecule has 1 saturated heterocycles. The molecule has 1 aliphatic carbocycles. The predicted molar refractivity (Wildman–Crippen MR) is 73.1 cm³/mol. The van der Waals surface area contributed by atoms with Crippen LogP contribution in [0.1, 0.15) is 19.3 Å². The number of nitrogen functional groups attached to an aromatic ring is 1. The second-order valence-corrected chi connectivity index (χ2v) is 5.32. The Hall–Kier alpha value is -1.75. The maximum atomic E-state index is 5.87. The summed E-state index contributed by atoms with van der Waals surface area (Å²) >= 11 is 0. The fourth-order valence-electron chi connectivity index (χ4n) is 3.22. The van der Waals surface area contributed by atoms with Crippen molar-refractivity contribution in [3.8, 4) is 0 Å². The number of rotatable bonds is 1. The highest BCUT2D eigenvalue weighted by atomic mass is 16.5. The molecule has 5 heteroatoms. The molecule has 100 valence electrons. The van der Waals surface area contributed by atoms with Gasteiger partial charge in [-0.15, -0.1) is 0 Å². The molecule has 0 radical (unpaired) electrons. The van der Waals surface area contributed by atoms with Crippen LogP contribution in [-0.4, -0.2) is 30.3 Å². The third-order valence-corrected chi connectivity index (χ3v) is 4.13. The molecule has 2 unspecified atom stereocenters. The van der Waals surface area contributed by atoms with Gasteiger partial charge in [-0.3, -0.25) is 0 Å². The summed E-state index contributed by atoms with van der Waals surface area (Å²) < 4.78 is 11.7. The Labute approximate surface area is 111 Å². The lowest BCUT2D eigenvalue weighted by molar-refractivity contribution is 0.0237. The summed E-state index contributed by atoms with van der Waals surface area (Å²) in [5, 5.41) is 0. The van der Waals surface area contributed by atoms with Gasteiger partial charge in [-0.25, -0.2) is 0 Å². The van der Waals surface area contributed by atoms with Gasteiger partial charge >= 0.3 is 0 Å². The summed E-state index contributed by atoms with van der Waals surface area (Å²) in [5.74, 6) is 0. The molecule has 1 aliphatic heterocycles. The number of oxazole rings is 1. The maximum Gasteiger partial charge on any atom is 0.298 e. The molecular weight excluding hydrogens is 242 g/mol. The smallest absolute Gasteiger partial charge is 0.298 e. The van der Waals surface area contributed by atoms with E-state index in [1.807, 2.05) is 18.2 Å². The van der Waals surface area contributed by atoms with Gasteiger partial charge in [-0.1, -0.05) is 0 Å². The molecule has 1 saturated carbocycles. The van der Waals surface area contributed by atoms with Crippen molar-refractivity contribution < 1.29 is 9.15 Å². The third-order valence-electron chi connectivity index (χ3n) is 4.13. The normalized spacial score (nSPS) is 26.8. The average molecular weight is 259 g/mol. The lowest BCUT2D eigenvalue weighted by Crippen LogP contribution is -2.48. The van der Waals surface area contributed by atoms with Gasteiger partial charge in [-0.05, 0) is 37.5 Å². The van der Waals surface area contributed by atoms with E-state index in [1.165, 1.54) is 6.42 Å². The summed E-state index contributed by atoms with van der Waals surface area (Å²) in [4.78, 5) is 6.84. The number of aromatic nitrogens is 1. The van der Waals surface area contributed by atoms with E-state index in [0.717, 1.165) is 37.1 Å². The van der Waals surface area contributed by atoms with Crippen LogP contribution in [0.4, 0.5) is 11.7 Å². The molecule has 2 heterocycles. The summed E-state index contributed by atoms with van der Waals surface area (Å²) in [5.41, 5.74) is 8.12. The number of morpholine rings is 1. The first kappa shape index (κ1) is 11.1. The van der Waals surface area contributed by atoms with Crippen LogP contribution in [0.5, 0.6) is 0 Å². The molecule has 2 atom stereocenters. The molecule has 5 nitrogen and oxygen atoms in total. The Morgan fingerprint density at radius 2 is 2.26 bits per heavy atom. The molecule has 0 spiro atoms. The first-order valence-electron chi connectivity index (χ1n) is 6.85. The molecule has 2 aliphatic rings. The van der Waals surface area contributed by atoms with Crippen LogP contribution >= 0.6 is 0 Å². The van der Waals surface area contributed by atoms with E-state index < -0.39 is 0 Å². The van der Waals surface area contributed by atoms with E-state index in [0.29, 0.717) is 23.8 Å². The SMILES string of the molecule is Nc1ccc2oc(N3CCOC4CCCC43)nc2c1. The highest BCUT2D eigenvalue weighted by Gasteiger charge is 2.38.